The average Bonchev–Trinajstić information content (AvgIpc) is 2.98. The van der Waals surface area contributed by atoms with Gasteiger partial charge in [0.15, 0.2) is 5.82 Å². The number of benzene rings is 1. The normalized spacial score (nSPS) is 11.5. The zero-order valence-corrected chi connectivity index (χ0v) is 14.4. The highest BCUT2D eigenvalue weighted by molar-refractivity contribution is 6.33. The highest BCUT2D eigenvalue weighted by atomic mass is 35.5. The minimum absolute atomic E-state index is 0.164. The molecule has 3 aromatic rings. The first-order chi connectivity index (χ1) is 12.6. The van der Waals surface area contributed by atoms with Crippen molar-refractivity contribution in [2.45, 2.75) is 13.1 Å². The van der Waals surface area contributed by atoms with Crippen LogP contribution in [0.25, 0.3) is 5.69 Å². The molecule has 0 atom stereocenters. The van der Waals surface area contributed by atoms with Crippen molar-refractivity contribution in [1.29, 1.82) is 0 Å². The maximum Gasteiger partial charge on any atom is 0.417 e. The minimum Gasteiger partial charge on any atom is -0.305 e. The van der Waals surface area contributed by atoms with Gasteiger partial charge in [-0.1, -0.05) is 11.6 Å². The molecule has 0 aliphatic heterocycles. The van der Waals surface area contributed by atoms with E-state index in [1.807, 2.05) is 0 Å². The van der Waals surface area contributed by atoms with Crippen LogP contribution in [0.1, 0.15) is 21.6 Å². The number of carbonyl (C=O) groups is 1. The molecule has 0 unspecified atom stereocenters. The van der Waals surface area contributed by atoms with Gasteiger partial charge in [0.05, 0.1) is 27.5 Å². The molecule has 27 heavy (non-hydrogen) atoms. The largest absolute Gasteiger partial charge is 0.417 e. The molecule has 2 heterocycles. The SMILES string of the molecule is Cc1nn(-c2ccc(F)cc2)cc1C(=O)Nc1ncc(C(F)(F)F)cc1Cl. The number of nitrogens with zero attached hydrogens (tertiary/aromatic N) is 3. The quantitative estimate of drug-likeness (QED) is 0.654. The predicted octanol–water partition coefficient (Wildman–Crippen LogP) is 4.64. The minimum atomic E-state index is -4.59. The number of nitrogens with one attached hydrogen (secondary N) is 1. The molecule has 5 nitrogen and oxygen atoms in total. The number of amides is 1. The fourth-order valence-electron chi connectivity index (χ4n) is 2.27. The van der Waals surface area contributed by atoms with Crippen molar-refractivity contribution in [2.75, 3.05) is 5.32 Å². The number of aromatic nitrogens is 3. The van der Waals surface area contributed by atoms with Gasteiger partial charge in [-0.2, -0.15) is 18.3 Å². The Hall–Kier alpha value is -2.94. The molecule has 0 aliphatic carbocycles. The fourth-order valence-corrected chi connectivity index (χ4v) is 2.48. The summed E-state index contributed by atoms with van der Waals surface area (Å²) in [5.41, 5.74) is 0.0343. The topological polar surface area (TPSA) is 59.8 Å². The van der Waals surface area contributed by atoms with Gasteiger partial charge in [-0.15, -0.1) is 0 Å². The maximum atomic E-state index is 13.0. The van der Waals surface area contributed by atoms with Gasteiger partial charge in [-0.3, -0.25) is 4.79 Å². The Labute approximate surface area is 155 Å². The molecule has 0 aliphatic rings. The Balaban J connectivity index is 1.84. The van der Waals surface area contributed by atoms with Crippen molar-refractivity contribution in [3.63, 3.8) is 0 Å². The Morgan fingerprint density at radius 3 is 2.48 bits per heavy atom. The second-order valence-corrected chi connectivity index (χ2v) is 5.96. The highest BCUT2D eigenvalue weighted by Crippen LogP contribution is 2.32. The van der Waals surface area contributed by atoms with Crippen molar-refractivity contribution >= 4 is 23.3 Å². The molecule has 1 aromatic carbocycles. The molecule has 10 heteroatoms. The van der Waals surface area contributed by atoms with Crippen molar-refractivity contribution in [2.24, 2.45) is 0 Å². The zero-order valence-electron chi connectivity index (χ0n) is 13.7. The van der Waals surface area contributed by atoms with Crippen LogP contribution < -0.4 is 5.32 Å². The van der Waals surface area contributed by atoms with E-state index in [1.165, 1.54) is 35.1 Å². The lowest BCUT2D eigenvalue weighted by molar-refractivity contribution is -0.137. The van der Waals surface area contributed by atoms with Crippen LogP contribution in [0.5, 0.6) is 0 Å². The van der Waals surface area contributed by atoms with Crippen molar-refractivity contribution in [3.8, 4) is 5.69 Å². The number of alkyl halides is 3. The third-order valence-electron chi connectivity index (χ3n) is 3.64. The van der Waals surface area contributed by atoms with Crippen LogP contribution in [0.15, 0.2) is 42.7 Å². The fraction of sp³-hybridized carbons (Fsp3) is 0.118. The Kier molecular flexibility index (Phi) is 4.88. The second-order valence-electron chi connectivity index (χ2n) is 5.56. The van der Waals surface area contributed by atoms with Crippen LogP contribution in [0.3, 0.4) is 0 Å². The van der Waals surface area contributed by atoms with Crippen LogP contribution >= 0.6 is 11.6 Å². The average molecular weight is 399 g/mol. The van der Waals surface area contributed by atoms with E-state index >= 15 is 0 Å². The molecule has 0 spiro atoms. The first-order valence-corrected chi connectivity index (χ1v) is 7.89. The van der Waals surface area contributed by atoms with Gasteiger partial charge >= 0.3 is 6.18 Å². The maximum absolute atomic E-state index is 13.0. The molecule has 1 N–H and O–H groups in total. The number of carbonyl (C=O) groups excluding carboxylic acids is 1. The zero-order chi connectivity index (χ0) is 19.8. The number of pyridine rings is 1. The van der Waals surface area contributed by atoms with E-state index in [0.29, 0.717) is 23.6 Å². The van der Waals surface area contributed by atoms with E-state index in [-0.39, 0.29) is 16.4 Å². The molecule has 0 bridgehead atoms. The van der Waals surface area contributed by atoms with E-state index in [2.05, 4.69) is 15.4 Å². The number of halogens is 5. The molecular formula is C17H11ClF4N4O. The standard InChI is InChI=1S/C17H11ClF4N4O/c1-9-13(8-26(25-9)12-4-2-11(19)3-5-12)16(27)24-15-14(18)6-10(7-23-15)17(20,21)22/h2-8H,1H3,(H,23,24,27). The van der Waals surface area contributed by atoms with E-state index in [1.54, 1.807) is 6.92 Å². The molecule has 2 aromatic heterocycles. The van der Waals surface area contributed by atoms with Gasteiger partial charge in [-0.25, -0.2) is 14.1 Å². The first-order valence-electron chi connectivity index (χ1n) is 7.51. The molecule has 0 saturated carbocycles. The molecule has 0 radical (unpaired) electrons. The molecule has 3 rings (SSSR count). The Bertz CT molecular complexity index is 999. The number of aryl methyl sites for hydroxylation is 1. The van der Waals surface area contributed by atoms with Crippen molar-refractivity contribution < 1.29 is 22.4 Å². The second kappa shape index (κ2) is 6.99. The lowest BCUT2D eigenvalue weighted by Crippen LogP contribution is -2.15. The van der Waals surface area contributed by atoms with Gasteiger partial charge in [0, 0.05) is 12.4 Å². The van der Waals surface area contributed by atoms with Crippen molar-refractivity contribution in [3.05, 3.63) is 70.4 Å². The molecule has 140 valence electrons. The number of hydrogen-bond acceptors (Lipinski definition) is 3. The number of rotatable bonds is 3. The summed E-state index contributed by atoms with van der Waals surface area (Å²) in [6, 6.07) is 6.14. The van der Waals surface area contributed by atoms with Gasteiger partial charge in [0.25, 0.3) is 5.91 Å². The monoisotopic (exact) mass is 398 g/mol. The van der Waals surface area contributed by atoms with Crippen molar-refractivity contribution in [1.82, 2.24) is 14.8 Å². The van der Waals surface area contributed by atoms with Gasteiger partial charge in [0.2, 0.25) is 0 Å². The van der Waals surface area contributed by atoms with Gasteiger partial charge in [-0.05, 0) is 37.3 Å². The lowest BCUT2D eigenvalue weighted by atomic mass is 10.2. The van der Waals surface area contributed by atoms with Crippen LogP contribution in [0, 0.1) is 12.7 Å². The summed E-state index contributed by atoms with van der Waals surface area (Å²) in [5, 5.41) is 6.18. The van der Waals surface area contributed by atoms with E-state index < -0.39 is 23.5 Å². The van der Waals surface area contributed by atoms with Crippen LogP contribution in [0.2, 0.25) is 5.02 Å². The summed E-state index contributed by atoms with van der Waals surface area (Å²) >= 11 is 5.79. The van der Waals surface area contributed by atoms with Crippen LogP contribution in [-0.2, 0) is 6.18 Å². The van der Waals surface area contributed by atoms with Gasteiger partial charge < -0.3 is 5.32 Å². The highest BCUT2D eigenvalue weighted by Gasteiger charge is 2.31. The smallest absolute Gasteiger partial charge is 0.305 e. The molecule has 0 fully saturated rings. The molecular weight excluding hydrogens is 388 g/mol. The van der Waals surface area contributed by atoms with E-state index in [0.717, 1.165) is 0 Å². The van der Waals surface area contributed by atoms with Crippen LogP contribution in [-0.4, -0.2) is 20.7 Å². The summed E-state index contributed by atoms with van der Waals surface area (Å²) in [6.45, 7) is 1.58. The predicted molar refractivity (Wildman–Crippen MR) is 90.5 cm³/mol. The Morgan fingerprint density at radius 1 is 1.22 bits per heavy atom. The summed E-state index contributed by atoms with van der Waals surface area (Å²) in [4.78, 5) is 16.0. The number of hydrogen-bond donors (Lipinski definition) is 1. The third-order valence-corrected chi connectivity index (χ3v) is 3.92. The summed E-state index contributed by atoms with van der Waals surface area (Å²) < 4.78 is 52.3. The third kappa shape index (κ3) is 4.08. The van der Waals surface area contributed by atoms with E-state index in [4.69, 9.17) is 11.6 Å². The summed E-state index contributed by atoms with van der Waals surface area (Å²) in [6.07, 6.45) is -2.60. The summed E-state index contributed by atoms with van der Waals surface area (Å²) in [5.74, 6) is -1.26. The summed E-state index contributed by atoms with van der Waals surface area (Å²) in [7, 11) is 0. The van der Waals surface area contributed by atoms with E-state index in [9.17, 15) is 22.4 Å². The Morgan fingerprint density at radius 2 is 1.89 bits per heavy atom. The molecule has 1 amide bonds. The number of anilines is 1. The van der Waals surface area contributed by atoms with Crippen LogP contribution in [0.4, 0.5) is 23.4 Å². The lowest BCUT2D eigenvalue weighted by Gasteiger charge is -2.09. The van der Waals surface area contributed by atoms with Gasteiger partial charge in [0.1, 0.15) is 5.82 Å². The first kappa shape index (κ1) is 18.8. The molecule has 0 saturated heterocycles.